The fourth-order valence-corrected chi connectivity index (χ4v) is 4.90. The number of imidazole rings is 1. The van der Waals surface area contributed by atoms with Gasteiger partial charge in [0, 0.05) is 25.9 Å². The maximum atomic E-state index is 13.7. The molecule has 0 spiro atoms. The SMILES string of the molecule is CSCCc1[nH]c(=O)n(N(C(=O)CCC(C)C)[C@@H](CCCc2ccccc2)C(=O)NO[C@@H]2CCCCO2)c1O. The van der Waals surface area contributed by atoms with Crippen LogP contribution in [0.25, 0.3) is 0 Å². The number of amides is 2. The standard InChI is InChI=1S/C28H42N4O6S/c1-20(2)15-16-24(33)31(32-27(35)22(17-19-39-3)29-28(32)36)23(13-9-12-21-10-5-4-6-11-21)26(34)30-38-25-14-7-8-18-37-25/h4-6,10-11,20,23,25,35H,7-9,12-19H2,1-3H3,(H,29,36)(H,30,34)/t23-,25+/m0/s1. The third kappa shape index (κ3) is 9.15. The number of thioether (sulfide) groups is 1. The van der Waals surface area contributed by atoms with Crippen LogP contribution in [0.2, 0.25) is 0 Å². The first-order valence-electron chi connectivity index (χ1n) is 13.8. The summed E-state index contributed by atoms with van der Waals surface area (Å²) in [6.45, 7) is 4.55. The molecule has 3 rings (SSSR count). The average Bonchev–Trinajstić information content (AvgIpc) is 3.22. The fourth-order valence-electron chi connectivity index (χ4n) is 4.50. The molecule has 0 bridgehead atoms. The van der Waals surface area contributed by atoms with E-state index in [2.05, 4.69) is 10.5 Å². The lowest BCUT2D eigenvalue weighted by Crippen LogP contribution is -2.57. The lowest BCUT2D eigenvalue weighted by molar-refractivity contribution is -0.201. The second-order valence-electron chi connectivity index (χ2n) is 10.2. The van der Waals surface area contributed by atoms with Crippen molar-refractivity contribution in [3.8, 4) is 5.88 Å². The van der Waals surface area contributed by atoms with Gasteiger partial charge < -0.3 is 14.8 Å². The van der Waals surface area contributed by atoms with E-state index in [9.17, 15) is 19.5 Å². The van der Waals surface area contributed by atoms with Crippen molar-refractivity contribution in [2.75, 3.05) is 23.6 Å². The summed E-state index contributed by atoms with van der Waals surface area (Å²) >= 11 is 1.57. The zero-order valence-corrected chi connectivity index (χ0v) is 24.0. The van der Waals surface area contributed by atoms with E-state index in [-0.39, 0.29) is 24.6 Å². The number of rotatable bonds is 15. The Morgan fingerprint density at radius 2 is 2.00 bits per heavy atom. The minimum absolute atomic E-state index is 0.115. The first kappa shape index (κ1) is 30.8. The second kappa shape index (κ2) is 15.7. The highest BCUT2D eigenvalue weighted by Crippen LogP contribution is 2.21. The summed E-state index contributed by atoms with van der Waals surface area (Å²) in [5, 5.41) is 12.2. The summed E-state index contributed by atoms with van der Waals surface area (Å²) in [6.07, 6.45) is 6.45. The third-order valence-electron chi connectivity index (χ3n) is 6.70. The molecule has 1 aromatic heterocycles. The smallest absolute Gasteiger partial charge is 0.348 e. The van der Waals surface area contributed by atoms with E-state index in [1.807, 2.05) is 50.4 Å². The van der Waals surface area contributed by atoms with Gasteiger partial charge >= 0.3 is 5.69 Å². The maximum Gasteiger partial charge on any atom is 0.348 e. The Kier molecular flexibility index (Phi) is 12.4. The Morgan fingerprint density at radius 3 is 2.67 bits per heavy atom. The lowest BCUT2D eigenvalue weighted by atomic mass is 10.0. The van der Waals surface area contributed by atoms with Crippen molar-refractivity contribution in [1.29, 1.82) is 0 Å². The molecule has 1 aliphatic heterocycles. The van der Waals surface area contributed by atoms with Crippen LogP contribution < -0.4 is 16.2 Å². The van der Waals surface area contributed by atoms with E-state index in [1.165, 1.54) is 0 Å². The number of hydrogen-bond donors (Lipinski definition) is 3. The summed E-state index contributed by atoms with van der Waals surface area (Å²) in [5.74, 6) is -0.449. The van der Waals surface area contributed by atoms with Gasteiger partial charge in [0.25, 0.3) is 5.91 Å². The molecule has 39 heavy (non-hydrogen) atoms. The number of nitrogens with one attached hydrogen (secondary N) is 2. The number of nitrogens with zero attached hydrogens (tertiary/aromatic N) is 2. The van der Waals surface area contributed by atoms with Crippen LogP contribution >= 0.6 is 11.8 Å². The number of hydroxylamine groups is 1. The highest BCUT2D eigenvalue weighted by atomic mass is 32.2. The van der Waals surface area contributed by atoms with Crippen LogP contribution in [0.1, 0.15) is 70.1 Å². The zero-order valence-electron chi connectivity index (χ0n) is 23.2. The van der Waals surface area contributed by atoms with E-state index < -0.39 is 29.8 Å². The van der Waals surface area contributed by atoms with Crippen LogP contribution in [0, 0.1) is 5.92 Å². The van der Waals surface area contributed by atoms with Gasteiger partial charge in [0.1, 0.15) is 6.04 Å². The van der Waals surface area contributed by atoms with Crippen LogP contribution in [0.15, 0.2) is 35.1 Å². The monoisotopic (exact) mass is 562 g/mol. The Morgan fingerprint density at radius 1 is 1.23 bits per heavy atom. The molecule has 216 valence electrons. The van der Waals surface area contributed by atoms with Gasteiger partial charge in [-0.1, -0.05) is 44.2 Å². The van der Waals surface area contributed by atoms with Gasteiger partial charge in [0.2, 0.25) is 11.8 Å². The third-order valence-corrected chi connectivity index (χ3v) is 7.31. The molecule has 1 saturated heterocycles. The van der Waals surface area contributed by atoms with Crippen LogP contribution in [-0.2, 0) is 32.0 Å². The summed E-state index contributed by atoms with van der Waals surface area (Å²) in [6, 6.07) is 8.76. The van der Waals surface area contributed by atoms with Crippen molar-refractivity contribution < 1.29 is 24.3 Å². The molecule has 1 aromatic carbocycles. The van der Waals surface area contributed by atoms with Crippen molar-refractivity contribution in [3.63, 3.8) is 0 Å². The van der Waals surface area contributed by atoms with Gasteiger partial charge in [-0.15, -0.1) is 0 Å². The molecule has 3 N–H and O–H groups in total. The topological polar surface area (TPSA) is 126 Å². The van der Waals surface area contributed by atoms with Crippen molar-refractivity contribution in [1.82, 2.24) is 15.1 Å². The molecule has 1 aliphatic rings. The van der Waals surface area contributed by atoms with Gasteiger partial charge in [0.15, 0.2) is 6.29 Å². The van der Waals surface area contributed by atoms with Crippen molar-refractivity contribution in [3.05, 3.63) is 52.1 Å². The summed E-state index contributed by atoms with van der Waals surface area (Å²) in [4.78, 5) is 48.6. The van der Waals surface area contributed by atoms with Gasteiger partial charge in [-0.05, 0) is 62.0 Å². The molecule has 0 saturated carbocycles. The van der Waals surface area contributed by atoms with Gasteiger partial charge in [-0.25, -0.2) is 20.1 Å². The first-order valence-corrected chi connectivity index (χ1v) is 15.2. The normalized spacial score (nSPS) is 16.3. The minimum atomic E-state index is -1.09. The Bertz CT molecular complexity index is 1100. The van der Waals surface area contributed by atoms with E-state index in [0.717, 1.165) is 28.1 Å². The van der Waals surface area contributed by atoms with Gasteiger partial charge in [-0.3, -0.25) is 9.59 Å². The van der Waals surface area contributed by atoms with Gasteiger partial charge in [-0.2, -0.15) is 16.4 Å². The number of carbonyl (C=O) groups excluding carboxylic acids is 2. The number of carbonyl (C=O) groups is 2. The van der Waals surface area contributed by atoms with Crippen LogP contribution in [0.3, 0.4) is 0 Å². The molecule has 2 atom stereocenters. The number of hydrogen-bond acceptors (Lipinski definition) is 7. The molecule has 10 nitrogen and oxygen atoms in total. The molecular formula is C28H42N4O6S. The first-order chi connectivity index (χ1) is 18.8. The van der Waals surface area contributed by atoms with E-state index in [0.29, 0.717) is 50.2 Å². The van der Waals surface area contributed by atoms with Crippen molar-refractivity contribution in [2.24, 2.45) is 5.92 Å². The molecule has 11 heteroatoms. The molecule has 2 aromatic rings. The highest BCUT2D eigenvalue weighted by molar-refractivity contribution is 7.98. The fraction of sp³-hybridized carbons (Fsp3) is 0.607. The molecule has 0 unspecified atom stereocenters. The predicted molar refractivity (Wildman–Crippen MR) is 152 cm³/mol. The predicted octanol–water partition coefficient (Wildman–Crippen LogP) is 3.65. The molecule has 0 radical (unpaired) electrons. The molecular weight excluding hydrogens is 520 g/mol. The van der Waals surface area contributed by atoms with Crippen molar-refractivity contribution in [2.45, 2.75) is 84.0 Å². The number of H-pyrrole nitrogens is 1. The van der Waals surface area contributed by atoms with Crippen LogP contribution in [0.4, 0.5) is 0 Å². The van der Waals surface area contributed by atoms with E-state index >= 15 is 0 Å². The van der Waals surface area contributed by atoms with E-state index in [1.54, 1.807) is 11.8 Å². The largest absolute Gasteiger partial charge is 0.492 e. The number of aromatic hydroxyl groups is 1. The van der Waals surface area contributed by atoms with Gasteiger partial charge in [0.05, 0.1) is 5.69 Å². The zero-order chi connectivity index (χ0) is 28.2. The summed E-state index contributed by atoms with van der Waals surface area (Å²) < 4.78 is 6.48. The van der Waals surface area contributed by atoms with Crippen molar-refractivity contribution >= 4 is 23.6 Å². The minimum Gasteiger partial charge on any atom is -0.492 e. The molecule has 1 fully saturated rings. The highest BCUT2D eigenvalue weighted by Gasteiger charge is 2.35. The Balaban J connectivity index is 1.92. The Labute approximate surface area is 234 Å². The number of benzene rings is 1. The summed E-state index contributed by atoms with van der Waals surface area (Å²) in [5.41, 5.74) is 3.24. The number of aryl methyl sites for hydroxylation is 2. The molecule has 0 aliphatic carbocycles. The number of aromatic nitrogens is 2. The maximum absolute atomic E-state index is 13.7. The number of aromatic amines is 1. The quantitative estimate of drug-likeness (QED) is 0.283. The number of ether oxygens (including phenoxy) is 1. The Hall–Kier alpha value is -2.76. The summed E-state index contributed by atoms with van der Waals surface area (Å²) in [7, 11) is 0. The molecule has 2 heterocycles. The molecule has 2 amide bonds. The average molecular weight is 563 g/mol. The lowest BCUT2D eigenvalue weighted by Gasteiger charge is -2.32. The second-order valence-corrected chi connectivity index (χ2v) is 11.2. The van der Waals surface area contributed by atoms with Crippen LogP contribution in [0.5, 0.6) is 5.88 Å². The van der Waals surface area contributed by atoms with Crippen LogP contribution in [-0.4, -0.2) is 57.5 Å². The van der Waals surface area contributed by atoms with E-state index in [4.69, 9.17) is 9.57 Å².